The monoisotopic (exact) mass is 614 g/mol. The highest BCUT2D eigenvalue weighted by Crippen LogP contribution is 2.46. The van der Waals surface area contributed by atoms with Gasteiger partial charge < -0.3 is 4.74 Å². The summed E-state index contributed by atoms with van der Waals surface area (Å²) >= 11 is 21.7. The number of rotatable bonds is 6. The Labute approximate surface area is 228 Å². The third-order valence-corrected chi connectivity index (χ3v) is 10.6. The maximum Gasteiger partial charge on any atom is 0.416 e. The molecule has 192 valence electrons. The van der Waals surface area contributed by atoms with Crippen LogP contribution in [0.25, 0.3) is 10.2 Å². The molecule has 1 aromatic heterocycles. The van der Waals surface area contributed by atoms with Gasteiger partial charge in [-0.05, 0) is 36.4 Å². The Morgan fingerprint density at radius 2 is 1.86 bits per heavy atom. The number of aromatic nitrogens is 1. The number of thioether (sulfide) groups is 1. The Morgan fingerprint density at radius 1 is 1.14 bits per heavy atom. The second-order valence-corrected chi connectivity index (χ2v) is 12.9. The summed E-state index contributed by atoms with van der Waals surface area (Å²) in [4.78, 5) is 4.62. The Balaban J connectivity index is 1.56. The van der Waals surface area contributed by atoms with Gasteiger partial charge >= 0.3 is 6.18 Å². The van der Waals surface area contributed by atoms with Crippen molar-refractivity contribution < 1.29 is 26.3 Å². The number of hydrogen-bond donors (Lipinski definition) is 1. The van der Waals surface area contributed by atoms with Gasteiger partial charge in [0.25, 0.3) is 0 Å². The molecule has 14 heteroatoms. The molecule has 0 aliphatic heterocycles. The topological polar surface area (TPSA) is 68.3 Å². The first-order valence-corrected chi connectivity index (χ1v) is 14.3. The van der Waals surface area contributed by atoms with Crippen LogP contribution in [0.5, 0.6) is 5.75 Å². The van der Waals surface area contributed by atoms with Crippen LogP contribution in [0, 0.1) is 5.92 Å². The standard InChI is InChI=1S/C22H16Cl3F3N2O3S3/c1-10-15(30-36(31,32)18-6-3-11(7-13(18)23)22(26,27)28)9-14(24)20(19(10)25)35-21-29-16-8-12(33-2)4-5-17(16)34-21/h3-10,15,30H,1-2H3. The average Bonchev–Trinajstić information content (AvgIpc) is 3.20. The van der Waals surface area contributed by atoms with Crippen molar-refractivity contribution in [1.29, 1.82) is 0 Å². The molecular weight excluding hydrogens is 600 g/mol. The smallest absolute Gasteiger partial charge is 0.416 e. The van der Waals surface area contributed by atoms with Crippen LogP contribution in [-0.4, -0.2) is 26.6 Å². The second-order valence-electron chi connectivity index (χ2n) is 7.69. The molecule has 0 bridgehead atoms. The van der Waals surface area contributed by atoms with E-state index >= 15 is 0 Å². The zero-order chi connectivity index (χ0) is 26.4. The highest BCUT2D eigenvalue weighted by molar-refractivity contribution is 8.05. The van der Waals surface area contributed by atoms with E-state index < -0.39 is 43.6 Å². The van der Waals surface area contributed by atoms with Crippen LogP contribution in [0.1, 0.15) is 12.5 Å². The molecule has 0 spiro atoms. The molecule has 0 saturated carbocycles. The molecule has 2 unspecified atom stereocenters. The van der Waals surface area contributed by atoms with Crippen molar-refractivity contribution in [1.82, 2.24) is 9.71 Å². The van der Waals surface area contributed by atoms with E-state index in [2.05, 4.69) is 9.71 Å². The van der Waals surface area contributed by atoms with Crippen molar-refractivity contribution in [2.75, 3.05) is 7.11 Å². The third kappa shape index (κ3) is 5.67. The largest absolute Gasteiger partial charge is 0.497 e. The van der Waals surface area contributed by atoms with Crippen molar-refractivity contribution in [3.05, 3.63) is 68.0 Å². The number of nitrogens with zero attached hydrogens (tertiary/aromatic N) is 1. The summed E-state index contributed by atoms with van der Waals surface area (Å²) in [6.07, 6.45) is -3.17. The molecule has 1 heterocycles. The van der Waals surface area contributed by atoms with Crippen molar-refractivity contribution in [2.45, 2.75) is 28.4 Å². The number of benzene rings is 2. The zero-order valence-electron chi connectivity index (χ0n) is 18.4. The minimum absolute atomic E-state index is 0.214. The predicted octanol–water partition coefficient (Wildman–Crippen LogP) is 7.64. The summed E-state index contributed by atoms with van der Waals surface area (Å²) in [5.41, 5.74) is -0.303. The first-order valence-electron chi connectivity index (χ1n) is 10.1. The molecule has 1 aliphatic rings. The maximum absolute atomic E-state index is 12.9. The van der Waals surface area contributed by atoms with E-state index in [0.717, 1.165) is 16.3 Å². The van der Waals surface area contributed by atoms with Crippen LogP contribution in [0.15, 0.2) is 66.7 Å². The number of ether oxygens (including phenoxy) is 1. The number of fused-ring (bicyclic) bond motifs is 1. The number of alkyl halides is 3. The van der Waals surface area contributed by atoms with Crippen LogP contribution >= 0.6 is 57.9 Å². The number of allylic oxidation sites excluding steroid dienone is 1. The van der Waals surface area contributed by atoms with Gasteiger partial charge in [0, 0.05) is 28.0 Å². The number of hydrogen-bond acceptors (Lipinski definition) is 6. The molecule has 0 fully saturated rings. The van der Waals surface area contributed by atoms with Crippen LogP contribution in [0.4, 0.5) is 13.2 Å². The predicted molar refractivity (Wildman–Crippen MR) is 139 cm³/mol. The van der Waals surface area contributed by atoms with Crippen molar-refractivity contribution in [3.8, 4) is 5.75 Å². The lowest BCUT2D eigenvalue weighted by atomic mass is 9.97. The lowest BCUT2D eigenvalue weighted by Crippen LogP contribution is -2.39. The maximum atomic E-state index is 12.9. The van der Waals surface area contributed by atoms with Crippen LogP contribution in [-0.2, 0) is 16.2 Å². The highest BCUT2D eigenvalue weighted by Gasteiger charge is 2.35. The summed E-state index contributed by atoms with van der Waals surface area (Å²) < 4.78 is 73.9. The van der Waals surface area contributed by atoms with Crippen molar-refractivity contribution in [3.63, 3.8) is 0 Å². The molecule has 4 rings (SSSR count). The van der Waals surface area contributed by atoms with Gasteiger partial charge in [-0.15, -0.1) is 11.3 Å². The Bertz CT molecular complexity index is 1500. The Morgan fingerprint density at radius 3 is 2.50 bits per heavy atom. The summed E-state index contributed by atoms with van der Waals surface area (Å²) in [7, 11) is -2.73. The number of halogens is 6. The van der Waals surface area contributed by atoms with Gasteiger partial charge in [-0.1, -0.05) is 53.5 Å². The molecular formula is C22H16Cl3F3N2O3S3. The van der Waals surface area contributed by atoms with Crippen LogP contribution in [0.2, 0.25) is 5.02 Å². The molecule has 2 aromatic carbocycles. The zero-order valence-corrected chi connectivity index (χ0v) is 23.1. The normalized spacial score (nSPS) is 19.1. The van der Waals surface area contributed by atoms with Crippen molar-refractivity contribution in [2.24, 2.45) is 5.92 Å². The summed E-state index contributed by atoms with van der Waals surface area (Å²) in [6.45, 7) is 1.70. The fraction of sp³-hybridized carbons (Fsp3) is 0.227. The first kappa shape index (κ1) is 27.6. The van der Waals surface area contributed by atoms with Gasteiger partial charge in [0.2, 0.25) is 10.0 Å². The number of nitrogens with one attached hydrogen (secondary N) is 1. The fourth-order valence-corrected chi connectivity index (χ4v) is 8.06. The second kappa shape index (κ2) is 10.4. The number of methoxy groups -OCH3 is 1. The summed E-state index contributed by atoms with van der Waals surface area (Å²) in [5, 5.41) is -0.0251. The van der Waals surface area contributed by atoms with Gasteiger partial charge in [-0.2, -0.15) is 13.2 Å². The van der Waals surface area contributed by atoms with E-state index in [1.54, 1.807) is 14.0 Å². The fourth-order valence-electron chi connectivity index (χ4n) is 3.37. The quantitative estimate of drug-likeness (QED) is 0.309. The molecule has 5 nitrogen and oxygen atoms in total. The van der Waals surface area contributed by atoms with E-state index in [4.69, 9.17) is 39.5 Å². The van der Waals surface area contributed by atoms with E-state index in [0.29, 0.717) is 32.2 Å². The minimum Gasteiger partial charge on any atom is -0.497 e. The molecule has 1 aliphatic carbocycles. The van der Waals surface area contributed by atoms with E-state index in [9.17, 15) is 21.6 Å². The van der Waals surface area contributed by atoms with E-state index in [1.165, 1.54) is 29.2 Å². The molecule has 36 heavy (non-hydrogen) atoms. The van der Waals surface area contributed by atoms with E-state index in [-0.39, 0.29) is 5.03 Å². The molecule has 0 amide bonds. The average molecular weight is 616 g/mol. The van der Waals surface area contributed by atoms with Gasteiger partial charge in [-0.3, -0.25) is 0 Å². The number of thiazole rings is 1. The first-order chi connectivity index (χ1) is 16.8. The van der Waals surface area contributed by atoms with Crippen molar-refractivity contribution >= 4 is 78.1 Å². The molecule has 0 saturated heterocycles. The number of sulfonamides is 1. The Hall–Kier alpha value is -1.47. The molecule has 3 aromatic rings. The molecule has 1 N–H and O–H groups in total. The summed E-state index contributed by atoms with van der Waals surface area (Å²) in [6, 6.07) is 6.70. The lowest BCUT2D eigenvalue weighted by Gasteiger charge is -2.28. The SMILES string of the molecule is COc1ccc2sc(SC3=C(Cl)C(C)C(NS(=O)(=O)c4ccc(C(F)(F)F)cc4Cl)C=C3Cl)nc2c1. The highest BCUT2D eigenvalue weighted by atomic mass is 35.5. The third-order valence-electron chi connectivity index (χ3n) is 5.30. The van der Waals surface area contributed by atoms with E-state index in [1.807, 2.05) is 18.2 Å². The van der Waals surface area contributed by atoms with Gasteiger partial charge in [0.15, 0.2) is 4.34 Å². The minimum atomic E-state index is -4.66. The lowest BCUT2D eigenvalue weighted by molar-refractivity contribution is -0.137. The summed E-state index contributed by atoms with van der Waals surface area (Å²) in [5.74, 6) is 0.142. The van der Waals surface area contributed by atoms with Gasteiger partial charge in [-0.25, -0.2) is 18.1 Å². The molecule has 2 atom stereocenters. The van der Waals surface area contributed by atoms with Crippen LogP contribution < -0.4 is 9.46 Å². The van der Waals surface area contributed by atoms with Crippen LogP contribution in [0.3, 0.4) is 0 Å². The van der Waals surface area contributed by atoms with Gasteiger partial charge in [0.1, 0.15) is 10.6 Å². The van der Waals surface area contributed by atoms with Gasteiger partial charge in [0.05, 0.1) is 32.9 Å². The Kier molecular flexibility index (Phi) is 7.93. The molecule has 0 radical (unpaired) electrons.